The highest BCUT2D eigenvalue weighted by atomic mass is 16.5. The Labute approximate surface area is 121 Å². The molecule has 116 valence electrons. The number of Topliss-reactive ketones (excluding diaryl/α,β-unsaturated/α-hetero) is 1. The summed E-state index contributed by atoms with van der Waals surface area (Å²) in [5, 5.41) is 3.59. The predicted octanol–water partition coefficient (Wildman–Crippen LogP) is 1.43. The Morgan fingerprint density at radius 3 is 2.35 bits per heavy atom. The Kier molecular flexibility index (Phi) is 10.8. The van der Waals surface area contributed by atoms with E-state index in [0.29, 0.717) is 38.6 Å². The molecule has 20 heavy (non-hydrogen) atoms. The first-order chi connectivity index (χ1) is 9.47. The number of rotatable bonds is 11. The molecule has 0 amide bonds. The molecule has 0 aliphatic rings. The molecular weight excluding hydrogens is 258 g/mol. The van der Waals surface area contributed by atoms with Gasteiger partial charge in [-0.3, -0.25) is 9.79 Å². The molecule has 0 saturated carbocycles. The van der Waals surface area contributed by atoms with Crippen molar-refractivity contribution in [3.63, 3.8) is 0 Å². The van der Waals surface area contributed by atoms with Crippen molar-refractivity contribution < 1.29 is 14.3 Å². The van der Waals surface area contributed by atoms with E-state index in [1.165, 1.54) is 0 Å². The van der Waals surface area contributed by atoms with Gasteiger partial charge in [0.2, 0.25) is 0 Å². The zero-order valence-electron chi connectivity index (χ0n) is 13.0. The van der Waals surface area contributed by atoms with Crippen molar-refractivity contribution in [3.05, 3.63) is 0 Å². The number of ketones is 1. The fourth-order valence-electron chi connectivity index (χ4n) is 1.20. The second-order valence-corrected chi connectivity index (χ2v) is 5.03. The van der Waals surface area contributed by atoms with E-state index >= 15 is 0 Å². The topological polar surface area (TPSA) is 86.3 Å². The molecule has 0 aromatic rings. The first kappa shape index (κ1) is 18.7. The van der Waals surface area contributed by atoms with E-state index in [-0.39, 0.29) is 17.7 Å². The Morgan fingerprint density at radius 2 is 1.80 bits per heavy atom. The molecule has 0 aliphatic carbocycles. The average Bonchev–Trinajstić information content (AvgIpc) is 2.40. The summed E-state index contributed by atoms with van der Waals surface area (Å²) < 4.78 is 10.7. The van der Waals surface area contributed by atoms with Crippen LogP contribution in [0.4, 0.5) is 0 Å². The largest absolute Gasteiger partial charge is 0.379 e. The molecule has 0 bridgehead atoms. The molecular formula is C14H27N3O3. The van der Waals surface area contributed by atoms with Crippen molar-refractivity contribution in [1.82, 2.24) is 0 Å². The maximum Gasteiger partial charge on any atom is 0.137 e. The summed E-state index contributed by atoms with van der Waals surface area (Å²) in [7, 11) is 0. The molecule has 0 heterocycles. The van der Waals surface area contributed by atoms with Crippen LogP contribution in [0.25, 0.3) is 0 Å². The van der Waals surface area contributed by atoms with E-state index in [2.05, 4.69) is 10.1 Å². The van der Waals surface area contributed by atoms with Crippen LogP contribution < -0.4 is 5.84 Å². The first-order valence-electron chi connectivity index (χ1n) is 6.95. The van der Waals surface area contributed by atoms with E-state index < -0.39 is 0 Å². The Morgan fingerprint density at radius 1 is 1.15 bits per heavy atom. The van der Waals surface area contributed by atoms with Crippen LogP contribution in [0.3, 0.4) is 0 Å². The molecule has 0 aromatic carbocycles. The van der Waals surface area contributed by atoms with Crippen molar-refractivity contribution in [2.75, 3.05) is 26.4 Å². The van der Waals surface area contributed by atoms with Crippen molar-refractivity contribution in [2.24, 2.45) is 21.9 Å². The molecule has 0 atom stereocenters. The zero-order valence-corrected chi connectivity index (χ0v) is 13.0. The number of hydrazone groups is 1. The van der Waals surface area contributed by atoms with Crippen LogP contribution in [0.15, 0.2) is 10.1 Å². The fourth-order valence-corrected chi connectivity index (χ4v) is 1.20. The lowest BCUT2D eigenvalue weighted by Gasteiger charge is -2.06. The van der Waals surface area contributed by atoms with E-state index in [1.54, 1.807) is 6.21 Å². The summed E-state index contributed by atoms with van der Waals surface area (Å²) in [5.74, 6) is 5.52. The highest BCUT2D eigenvalue weighted by Gasteiger charge is 2.06. The molecule has 0 radical (unpaired) electrons. The van der Waals surface area contributed by atoms with Crippen LogP contribution in [-0.4, -0.2) is 50.2 Å². The molecule has 0 fully saturated rings. The van der Waals surface area contributed by atoms with Gasteiger partial charge in [-0.1, -0.05) is 13.8 Å². The molecule has 6 nitrogen and oxygen atoms in total. The third-order valence-corrected chi connectivity index (χ3v) is 2.45. The molecule has 0 unspecified atom stereocenters. The van der Waals surface area contributed by atoms with Gasteiger partial charge in [0, 0.05) is 24.6 Å². The van der Waals surface area contributed by atoms with Gasteiger partial charge in [-0.25, -0.2) is 0 Å². The third-order valence-electron chi connectivity index (χ3n) is 2.45. The standard InChI is InChI=1S/C14H27N3O3/c1-11(2)14(18)5-6-19-7-8-20-10-13(17-15)9-16-12(3)4/h9,11-12H,5-8,10,15H2,1-4H3/b16-9?,17-13+. The van der Waals surface area contributed by atoms with E-state index in [4.69, 9.17) is 15.3 Å². The first-order valence-corrected chi connectivity index (χ1v) is 6.95. The lowest BCUT2D eigenvalue weighted by Crippen LogP contribution is -2.17. The fraction of sp³-hybridized carbons (Fsp3) is 0.786. The molecule has 2 N–H and O–H groups in total. The summed E-state index contributed by atoms with van der Waals surface area (Å²) >= 11 is 0. The second-order valence-electron chi connectivity index (χ2n) is 5.03. The normalized spacial score (nSPS) is 12.8. The lowest BCUT2D eigenvalue weighted by atomic mass is 10.1. The van der Waals surface area contributed by atoms with Gasteiger partial charge in [0.15, 0.2) is 0 Å². The highest BCUT2D eigenvalue weighted by molar-refractivity contribution is 6.31. The van der Waals surface area contributed by atoms with Crippen molar-refractivity contribution >= 4 is 17.7 Å². The minimum Gasteiger partial charge on any atom is -0.379 e. The third kappa shape index (κ3) is 10.6. The Bertz CT molecular complexity index is 326. The maximum atomic E-state index is 11.3. The van der Waals surface area contributed by atoms with E-state index in [0.717, 1.165) is 0 Å². The summed E-state index contributed by atoms with van der Waals surface area (Å²) in [4.78, 5) is 15.5. The second kappa shape index (κ2) is 11.5. The quantitative estimate of drug-likeness (QED) is 0.269. The summed E-state index contributed by atoms with van der Waals surface area (Å²) in [5.41, 5.74) is 0.591. The lowest BCUT2D eigenvalue weighted by molar-refractivity contribution is -0.123. The number of nitrogens with two attached hydrogens (primary N) is 1. The monoisotopic (exact) mass is 285 g/mol. The van der Waals surface area contributed by atoms with Gasteiger partial charge in [0.25, 0.3) is 0 Å². The predicted molar refractivity (Wildman–Crippen MR) is 81.4 cm³/mol. The number of carbonyl (C=O) groups is 1. The highest BCUT2D eigenvalue weighted by Crippen LogP contribution is 1.98. The van der Waals surface area contributed by atoms with Crippen LogP contribution in [0.2, 0.25) is 0 Å². The number of hydrogen-bond acceptors (Lipinski definition) is 6. The van der Waals surface area contributed by atoms with E-state index in [1.807, 2.05) is 27.7 Å². The summed E-state index contributed by atoms with van der Waals surface area (Å²) in [6.45, 7) is 9.34. The van der Waals surface area contributed by atoms with Crippen LogP contribution in [-0.2, 0) is 14.3 Å². The van der Waals surface area contributed by atoms with Crippen molar-refractivity contribution in [3.8, 4) is 0 Å². The van der Waals surface area contributed by atoms with Crippen molar-refractivity contribution in [2.45, 2.75) is 40.2 Å². The number of aliphatic imine (C=N–C) groups is 1. The SMILES string of the molecule is CC(C)N=C/C(COCCOCCC(=O)C(C)C)=N\N. The van der Waals surface area contributed by atoms with Crippen LogP contribution >= 0.6 is 0 Å². The summed E-state index contributed by atoms with van der Waals surface area (Å²) in [6.07, 6.45) is 2.07. The molecule has 0 aliphatic heterocycles. The Balaban J connectivity index is 3.59. The molecule has 0 aromatic heterocycles. The van der Waals surface area contributed by atoms with Crippen LogP contribution in [0.5, 0.6) is 0 Å². The average molecular weight is 285 g/mol. The Hall–Kier alpha value is -1.27. The maximum absolute atomic E-state index is 11.3. The van der Waals surface area contributed by atoms with Gasteiger partial charge in [-0.05, 0) is 13.8 Å². The van der Waals surface area contributed by atoms with Gasteiger partial charge in [-0.2, -0.15) is 5.10 Å². The molecule has 0 spiro atoms. The molecule has 0 rings (SSSR count). The van der Waals surface area contributed by atoms with Crippen molar-refractivity contribution in [1.29, 1.82) is 0 Å². The van der Waals surface area contributed by atoms with Crippen LogP contribution in [0, 0.1) is 5.92 Å². The number of hydrogen-bond donors (Lipinski definition) is 1. The van der Waals surface area contributed by atoms with Gasteiger partial charge in [0.05, 0.1) is 26.4 Å². The number of ether oxygens (including phenoxy) is 2. The zero-order chi connectivity index (χ0) is 15.4. The molecule has 6 heteroatoms. The van der Waals surface area contributed by atoms with E-state index in [9.17, 15) is 4.79 Å². The van der Waals surface area contributed by atoms with Gasteiger partial charge < -0.3 is 15.3 Å². The van der Waals surface area contributed by atoms with Gasteiger partial charge in [0.1, 0.15) is 11.5 Å². The van der Waals surface area contributed by atoms with Gasteiger partial charge in [-0.15, -0.1) is 0 Å². The minimum atomic E-state index is 0.0680. The smallest absolute Gasteiger partial charge is 0.137 e. The summed E-state index contributed by atoms with van der Waals surface area (Å²) in [6, 6.07) is 0.202. The molecule has 0 saturated heterocycles. The number of carbonyl (C=O) groups excluding carboxylic acids is 1. The van der Waals surface area contributed by atoms with Gasteiger partial charge >= 0.3 is 0 Å². The number of nitrogens with zero attached hydrogens (tertiary/aromatic N) is 2. The van der Waals surface area contributed by atoms with Crippen LogP contribution in [0.1, 0.15) is 34.1 Å². The minimum absolute atomic E-state index is 0.0680.